The van der Waals surface area contributed by atoms with Crippen LogP contribution in [0.4, 0.5) is 26.8 Å². The van der Waals surface area contributed by atoms with Crippen molar-refractivity contribution in [3.8, 4) is 0 Å². The zero-order valence-electron chi connectivity index (χ0n) is 22.4. The van der Waals surface area contributed by atoms with Gasteiger partial charge in [0.1, 0.15) is 11.4 Å². The molecule has 1 fully saturated rings. The van der Waals surface area contributed by atoms with E-state index in [1.54, 1.807) is 20.7 Å². The summed E-state index contributed by atoms with van der Waals surface area (Å²) in [6.45, 7) is 12.2. The number of rotatable bonds is 2. The standard InChI is InChI=1S/C27H35N7O3/c1-17-13-22-19(16-31(6)30-22)14-21(17)29-25(35)34-10-8-20-23(7-9-28-24(20)34)32-11-12-33(18(2)15-32)26(36)37-27(3,4)5/h7,9,13-14,16,18H,8,10-12,15H2,1-6H3,(H,29,35)/t18-/m1/s1. The van der Waals surface area contributed by atoms with E-state index in [4.69, 9.17) is 4.74 Å². The Balaban J connectivity index is 1.31. The van der Waals surface area contributed by atoms with Gasteiger partial charge in [0.2, 0.25) is 0 Å². The highest BCUT2D eigenvalue weighted by Crippen LogP contribution is 2.35. The maximum Gasteiger partial charge on any atom is 0.410 e. The third kappa shape index (κ3) is 4.92. The van der Waals surface area contributed by atoms with Crippen molar-refractivity contribution in [2.24, 2.45) is 7.05 Å². The topological polar surface area (TPSA) is 95.8 Å². The molecule has 3 aromatic rings. The quantitative estimate of drug-likeness (QED) is 0.557. The Hall–Kier alpha value is -3.82. The molecule has 5 rings (SSSR count). The number of benzene rings is 1. The lowest BCUT2D eigenvalue weighted by Gasteiger charge is -2.41. The summed E-state index contributed by atoms with van der Waals surface area (Å²) in [5.74, 6) is 0.692. The van der Waals surface area contributed by atoms with Gasteiger partial charge in [-0.05, 0) is 64.8 Å². The Morgan fingerprint density at radius 2 is 1.95 bits per heavy atom. The second kappa shape index (κ2) is 9.24. The van der Waals surface area contributed by atoms with Crippen molar-refractivity contribution in [2.45, 2.75) is 52.7 Å². The van der Waals surface area contributed by atoms with Crippen LogP contribution in [0.1, 0.15) is 38.8 Å². The molecular weight excluding hydrogens is 470 g/mol. The monoisotopic (exact) mass is 505 g/mol. The molecule has 0 spiro atoms. The minimum Gasteiger partial charge on any atom is -0.444 e. The smallest absolute Gasteiger partial charge is 0.410 e. The van der Waals surface area contributed by atoms with Gasteiger partial charge in [0.05, 0.1) is 5.52 Å². The molecule has 1 aromatic carbocycles. The Bertz CT molecular complexity index is 1360. The van der Waals surface area contributed by atoms with E-state index in [0.29, 0.717) is 32.0 Å². The predicted octanol–water partition coefficient (Wildman–Crippen LogP) is 4.32. The molecule has 0 aliphatic carbocycles. The van der Waals surface area contributed by atoms with Crippen LogP contribution < -0.4 is 15.1 Å². The van der Waals surface area contributed by atoms with Crippen LogP contribution in [0.2, 0.25) is 0 Å². The predicted molar refractivity (Wildman–Crippen MR) is 144 cm³/mol. The Morgan fingerprint density at radius 1 is 1.16 bits per heavy atom. The fourth-order valence-corrected chi connectivity index (χ4v) is 5.15. The number of pyridine rings is 1. The first-order valence-corrected chi connectivity index (χ1v) is 12.7. The van der Waals surface area contributed by atoms with Crippen molar-refractivity contribution in [3.05, 3.63) is 41.7 Å². The van der Waals surface area contributed by atoms with Crippen LogP contribution in [0.25, 0.3) is 10.9 Å². The number of urea groups is 1. The summed E-state index contributed by atoms with van der Waals surface area (Å²) in [5, 5.41) is 8.49. The molecule has 1 saturated heterocycles. The zero-order chi connectivity index (χ0) is 26.5. The molecular formula is C27H35N7O3. The van der Waals surface area contributed by atoms with Crippen molar-refractivity contribution in [2.75, 3.05) is 41.3 Å². The van der Waals surface area contributed by atoms with Crippen molar-refractivity contribution in [1.29, 1.82) is 0 Å². The molecule has 0 radical (unpaired) electrons. The number of ether oxygens (including phenoxy) is 1. The van der Waals surface area contributed by atoms with Crippen LogP contribution in [0, 0.1) is 6.92 Å². The van der Waals surface area contributed by atoms with Crippen LogP contribution in [0.5, 0.6) is 0 Å². The van der Waals surface area contributed by atoms with Gasteiger partial charge in [-0.25, -0.2) is 14.6 Å². The molecule has 196 valence electrons. The number of anilines is 3. The zero-order valence-corrected chi connectivity index (χ0v) is 22.4. The van der Waals surface area contributed by atoms with Crippen LogP contribution >= 0.6 is 0 Å². The van der Waals surface area contributed by atoms with Crippen molar-refractivity contribution in [3.63, 3.8) is 0 Å². The molecule has 2 aliphatic rings. The SMILES string of the molecule is Cc1cc2nn(C)cc2cc1NC(=O)N1CCc2c(N3CCN(C(=O)OC(C)(C)C)[C@H](C)C3)ccnc21. The van der Waals surface area contributed by atoms with Gasteiger partial charge in [-0.1, -0.05) is 0 Å². The van der Waals surface area contributed by atoms with Crippen molar-refractivity contribution < 1.29 is 14.3 Å². The molecule has 10 nitrogen and oxygen atoms in total. The summed E-state index contributed by atoms with van der Waals surface area (Å²) < 4.78 is 7.36. The molecule has 0 saturated carbocycles. The van der Waals surface area contributed by atoms with Gasteiger partial charge in [0, 0.05) is 74.0 Å². The minimum atomic E-state index is -0.522. The molecule has 0 bridgehead atoms. The van der Waals surface area contributed by atoms with E-state index in [9.17, 15) is 9.59 Å². The number of aromatic nitrogens is 3. The number of carbonyl (C=O) groups is 2. The number of amides is 3. The fraction of sp³-hybridized carbons (Fsp3) is 0.481. The normalized spacial score (nSPS) is 17.8. The number of fused-ring (bicyclic) bond motifs is 2. The fourth-order valence-electron chi connectivity index (χ4n) is 5.15. The van der Waals surface area contributed by atoms with Gasteiger partial charge >= 0.3 is 12.1 Å². The maximum atomic E-state index is 13.3. The van der Waals surface area contributed by atoms with Gasteiger partial charge in [0.25, 0.3) is 0 Å². The molecule has 4 heterocycles. The Kier molecular flexibility index (Phi) is 6.21. The highest BCUT2D eigenvalue weighted by Gasteiger charge is 2.34. The van der Waals surface area contributed by atoms with Gasteiger partial charge < -0.3 is 19.9 Å². The molecule has 3 amide bonds. The largest absolute Gasteiger partial charge is 0.444 e. The third-order valence-electron chi connectivity index (χ3n) is 6.90. The summed E-state index contributed by atoms with van der Waals surface area (Å²) in [7, 11) is 1.89. The second-order valence-corrected chi connectivity index (χ2v) is 11.0. The lowest BCUT2D eigenvalue weighted by atomic mass is 10.1. The van der Waals surface area contributed by atoms with E-state index in [2.05, 4.69) is 20.3 Å². The minimum absolute atomic E-state index is 0.00131. The van der Waals surface area contributed by atoms with Crippen LogP contribution in [-0.4, -0.2) is 69.6 Å². The van der Waals surface area contributed by atoms with E-state index in [-0.39, 0.29) is 18.2 Å². The first-order chi connectivity index (χ1) is 17.5. The summed E-state index contributed by atoms with van der Waals surface area (Å²) in [6.07, 6.45) is 4.15. The van der Waals surface area contributed by atoms with Crippen LogP contribution in [-0.2, 0) is 18.2 Å². The molecule has 10 heteroatoms. The summed E-state index contributed by atoms with van der Waals surface area (Å²) in [4.78, 5) is 36.3. The number of hydrogen-bond donors (Lipinski definition) is 1. The average molecular weight is 506 g/mol. The summed E-state index contributed by atoms with van der Waals surface area (Å²) >= 11 is 0. The number of carbonyl (C=O) groups excluding carboxylic acids is 2. The number of nitrogens with one attached hydrogen (secondary N) is 1. The van der Waals surface area contributed by atoms with E-state index < -0.39 is 5.60 Å². The van der Waals surface area contributed by atoms with E-state index in [1.165, 1.54) is 0 Å². The first-order valence-electron chi connectivity index (χ1n) is 12.7. The number of nitrogens with zero attached hydrogens (tertiary/aromatic N) is 6. The molecule has 0 unspecified atom stereocenters. The van der Waals surface area contributed by atoms with Gasteiger partial charge in [0.15, 0.2) is 0 Å². The van der Waals surface area contributed by atoms with E-state index >= 15 is 0 Å². The maximum absolute atomic E-state index is 13.3. The van der Waals surface area contributed by atoms with Crippen molar-refractivity contribution >= 4 is 40.2 Å². The summed E-state index contributed by atoms with van der Waals surface area (Å²) in [5.41, 5.74) is 4.24. The Labute approximate surface area is 217 Å². The number of hydrogen-bond acceptors (Lipinski definition) is 6. The van der Waals surface area contributed by atoms with E-state index in [0.717, 1.165) is 39.8 Å². The number of aryl methyl sites for hydroxylation is 2. The molecule has 37 heavy (non-hydrogen) atoms. The van der Waals surface area contributed by atoms with Gasteiger partial charge in [-0.3, -0.25) is 9.58 Å². The lowest BCUT2D eigenvalue weighted by Crippen LogP contribution is -2.55. The number of piperazine rings is 1. The lowest BCUT2D eigenvalue weighted by molar-refractivity contribution is 0.0159. The summed E-state index contributed by atoms with van der Waals surface area (Å²) in [6, 6.07) is 5.76. The molecule has 1 atom stereocenters. The first kappa shape index (κ1) is 24.9. The van der Waals surface area contributed by atoms with Crippen LogP contribution in [0.3, 0.4) is 0 Å². The third-order valence-corrected chi connectivity index (χ3v) is 6.90. The molecule has 2 aromatic heterocycles. The second-order valence-electron chi connectivity index (χ2n) is 11.0. The van der Waals surface area contributed by atoms with Crippen molar-refractivity contribution in [1.82, 2.24) is 19.7 Å². The average Bonchev–Trinajstić information content (AvgIpc) is 3.40. The molecule has 2 aliphatic heterocycles. The highest BCUT2D eigenvalue weighted by atomic mass is 16.6. The van der Waals surface area contributed by atoms with Crippen LogP contribution in [0.15, 0.2) is 30.6 Å². The Morgan fingerprint density at radius 3 is 2.68 bits per heavy atom. The highest BCUT2D eigenvalue weighted by molar-refractivity contribution is 6.04. The van der Waals surface area contributed by atoms with Gasteiger partial charge in [-0.15, -0.1) is 0 Å². The molecule has 1 N–H and O–H groups in total. The van der Waals surface area contributed by atoms with Gasteiger partial charge in [-0.2, -0.15) is 5.10 Å². The van der Waals surface area contributed by atoms with E-state index in [1.807, 2.05) is 66.1 Å².